The molecule has 2 aromatic rings. The number of hydrogen-bond donors (Lipinski definition) is 2. The van der Waals surface area contributed by atoms with Crippen molar-refractivity contribution in [2.75, 3.05) is 44.1 Å². The van der Waals surface area contributed by atoms with Crippen molar-refractivity contribution in [2.45, 2.75) is 20.0 Å². The second kappa shape index (κ2) is 7.02. The Morgan fingerprint density at radius 2 is 2.24 bits per heavy atom. The van der Waals surface area contributed by atoms with Gasteiger partial charge in [-0.1, -0.05) is 0 Å². The molecule has 1 atom stereocenters. The molecule has 0 aliphatic carbocycles. The van der Waals surface area contributed by atoms with Crippen molar-refractivity contribution in [1.29, 1.82) is 0 Å². The van der Waals surface area contributed by atoms with E-state index in [1.165, 1.54) is 4.88 Å². The molecular formula is C14H22N4O2S. The molecule has 0 fully saturated rings. The average Bonchev–Trinajstić information content (AvgIpc) is 2.78. The van der Waals surface area contributed by atoms with Gasteiger partial charge in [-0.25, -0.2) is 4.98 Å². The Labute approximate surface area is 128 Å². The van der Waals surface area contributed by atoms with Crippen LogP contribution in [0.4, 0.5) is 11.8 Å². The van der Waals surface area contributed by atoms with Crippen molar-refractivity contribution in [3.8, 4) is 0 Å². The van der Waals surface area contributed by atoms with Crippen molar-refractivity contribution in [1.82, 2.24) is 9.97 Å². The van der Waals surface area contributed by atoms with Gasteiger partial charge in [0.2, 0.25) is 5.95 Å². The summed E-state index contributed by atoms with van der Waals surface area (Å²) < 4.78 is 4.97. The second-order valence-electron chi connectivity index (χ2n) is 4.97. The molecule has 2 heterocycles. The molecule has 1 unspecified atom stereocenters. The topological polar surface area (TPSA) is 70.5 Å². The minimum absolute atomic E-state index is 0.307. The van der Waals surface area contributed by atoms with Gasteiger partial charge in [0.05, 0.1) is 18.1 Å². The minimum Gasteiger partial charge on any atom is -0.389 e. The van der Waals surface area contributed by atoms with Gasteiger partial charge in [0.25, 0.3) is 0 Å². The van der Waals surface area contributed by atoms with Crippen molar-refractivity contribution >= 4 is 33.3 Å². The number of aliphatic hydroxyl groups excluding tert-OH is 1. The number of aromatic nitrogens is 2. The standard InChI is InChI=1S/C14H22N4O2S/c1-5-15-14-16-12(18(3)7-10(19)8-20-4)11-6-9(2)21-13(11)17-14/h6,10,19H,5,7-8H2,1-4H3,(H,15,16,17). The first kappa shape index (κ1) is 15.9. The van der Waals surface area contributed by atoms with Crippen LogP contribution < -0.4 is 10.2 Å². The van der Waals surface area contributed by atoms with E-state index in [0.29, 0.717) is 19.1 Å². The van der Waals surface area contributed by atoms with Crippen LogP contribution in [0.3, 0.4) is 0 Å². The Bertz CT molecular complexity index is 602. The monoisotopic (exact) mass is 310 g/mol. The molecule has 0 saturated carbocycles. The predicted octanol–water partition coefficient (Wildman–Crippen LogP) is 1.88. The molecular weight excluding hydrogens is 288 g/mol. The molecule has 0 amide bonds. The van der Waals surface area contributed by atoms with E-state index >= 15 is 0 Å². The van der Waals surface area contributed by atoms with Gasteiger partial charge in [0, 0.05) is 32.1 Å². The van der Waals surface area contributed by atoms with Crippen LogP contribution >= 0.6 is 11.3 Å². The van der Waals surface area contributed by atoms with E-state index in [9.17, 15) is 5.11 Å². The zero-order valence-electron chi connectivity index (χ0n) is 12.9. The Morgan fingerprint density at radius 3 is 2.90 bits per heavy atom. The number of nitrogens with one attached hydrogen (secondary N) is 1. The van der Waals surface area contributed by atoms with E-state index in [4.69, 9.17) is 4.74 Å². The third-order valence-electron chi connectivity index (χ3n) is 3.04. The summed E-state index contributed by atoms with van der Waals surface area (Å²) in [5, 5.41) is 14.1. The summed E-state index contributed by atoms with van der Waals surface area (Å²) in [5.41, 5.74) is 0. The summed E-state index contributed by atoms with van der Waals surface area (Å²) in [4.78, 5) is 13.2. The van der Waals surface area contributed by atoms with Crippen LogP contribution in [0.5, 0.6) is 0 Å². The van der Waals surface area contributed by atoms with Gasteiger partial charge in [-0.2, -0.15) is 4.98 Å². The van der Waals surface area contributed by atoms with Crippen LogP contribution in [0.15, 0.2) is 6.07 Å². The highest BCUT2D eigenvalue weighted by molar-refractivity contribution is 7.18. The maximum absolute atomic E-state index is 9.91. The highest BCUT2D eigenvalue weighted by Crippen LogP contribution is 2.31. The first-order chi connectivity index (χ1) is 10.0. The summed E-state index contributed by atoms with van der Waals surface area (Å²) in [6.45, 7) is 5.61. The summed E-state index contributed by atoms with van der Waals surface area (Å²) >= 11 is 1.65. The molecule has 6 nitrogen and oxygen atoms in total. The molecule has 0 aliphatic heterocycles. The van der Waals surface area contributed by atoms with Gasteiger partial charge < -0.3 is 20.1 Å². The highest BCUT2D eigenvalue weighted by Gasteiger charge is 2.16. The Balaban J connectivity index is 2.35. The van der Waals surface area contributed by atoms with Crippen molar-refractivity contribution in [2.24, 2.45) is 0 Å². The lowest BCUT2D eigenvalue weighted by Gasteiger charge is -2.22. The summed E-state index contributed by atoms with van der Waals surface area (Å²) in [7, 11) is 3.50. The number of ether oxygens (including phenoxy) is 1. The zero-order valence-corrected chi connectivity index (χ0v) is 13.7. The fourth-order valence-electron chi connectivity index (χ4n) is 2.20. The van der Waals surface area contributed by atoms with Crippen LogP contribution in [-0.4, -0.2) is 55.0 Å². The molecule has 0 radical (unpaired) electrons. The lowest BCUT2D eigenvalue weighted by Crippen LogP contribution is -2.32. The van der Waals surface area contributed by atoms with Crippen LogP contribution in [0, 0.1) is 6.92 Å². The number of nitrogens with zero attached hydrogens (tertiary/aromatic N) is 3. The molecule has 2 rings (SSSR count). The lowest BCUT2D eigenvalue weighted by atomic mass is 10.3. The number of aryl methyl sites for hydroxylation is 1. The zero-order chi connectivity index (χ0) is 15.4. The summed E-state index contributed by atoms with van der Waals surface area (Å²) in [6, 6.07) is 2.09. The number of likely N-dealkylation sites (N-methyl/N-ethyl adjacent to an activating group) is 1. The van der Waals surface area contributed by atoms with Crippen LogP contribution in [0.2, 0.25) is 0 Å². The first-order valence-corrected chi connectivity index (χ1v) is 7.77. The van der Waals surface area contributed by atoms with E-state index in [1.807, 2.05) is 18.9 Å². The molecule has 116 valence electrons. The van der Waals surface area contributed by atoms with E-state index in [-0.39, 0.29) is 0 Å². The number of anilines is 2. The molecule has 0 aliphatic rings. The summed E-state index contributed by atoms with van der Waals surface area (Å²) in [5.74, 6) is 1.45. The molecule has 0 aromatic carbocycles. The molecule has 0 bridgehead atoms. The van der Waals surface area contributed by atoms with Gasteiger partial charge in [0.1, 0.15) is 10.6 Å². The number of hydrogen-bond acceptors (Lipinski definition) is 7. The number of thiophene rings is 1. The Morgan fingerprint density at radius 1 is 1.48 bits per heavy atom. The molecule has 0 saturated heterocycles. The number of aliphatic hydroxyl groups is 1. The van der Waals surface area contributed by atoms with Gasteiger partial charge >= 0.3 is 0 Å². The molecule has 21 heavy (non-hydrogen) atoms. The van der Waals surface area contributed by atoms with Gasteiger partial charge in [-0.05, 0) is 19.9 Å². The maximum Gasteiger partial charge on any atom is 0.226 e. The SMILES string of the molecule is CCNc1nc(N(C)CC(O)COC)c2cc(C)sc2n1. The van der Waals surface area contributed by atoms with Crippen molar-refractivity contribution in [3.63, 3.8) is 0 Å². The quantitative estimate of drug-likeness (QED) is 0.813. The van der Waals surface area contributed by atoms with Gasteiger partial charge in [0.15, 0.2) is 0 Å². The Kier molecular flexibility index (Phi) is 5.33. The smallest absolute Gasteiger partial charge is 0.226 e. The van der Waals surface area contributed by atoms with Crippen LogP contribution in [0.1, 0.15) is 11.8 Å². The average molecular weight is 310 g/mol. The first-order valence-electron chi connectivity index (χ1n) is 6.95. The maximum atomic E-state index is 9.91. The molecule has 7 heteroatoms. The van der Waals surface area contributed by atoms with Crippen molar-refractivity contribution < 1.29 is 9.84 Å². The number of methoxy groups -OCH3 is 1. The fraction of sp³-hybridized carbons (Fsp3) is 0.571. The van der Waals surface area contributed by atoms with E-state index < -0.39 is 6.10 Å². The Hall–Kier alpha value is -1.44. The van der Waals surface area contributed by atoms with Crippen LogP contribution in [0.25, 0.3) is 10.2 Å². The number of fused-ring (bicyclic) bond motifs is 1. The molecule has 2 aromatic heterocycles. The van der Waals surface area contributed by atoms with E-state index in [1.54, 1.807) is 18.4 Å². The van der Waals surface area contributed by atoms with E-state index in [0.717, 1.165) is 22.6 Å². The third-order valence-corrected chi connectivity index (χ3v) is 3.98. The minimum atomic E-state index is -0.549. The second-order valence-corrected chi connectivity index (χ2v) is 6.20. The summed E-state index contributed by atoms with van der Waals surface area (Å²) in [6.07, 6.45) is -0.549. The largest absolute Gasteiger partial charge is 0.389 e. The highest BCUT2D eigenvalue weighted by atomic mass is 32.1. The third kappa shape index (κ3) is 3.81. The van der Waals surface area contributed by atoms with E-state index in [2.05, 4.69) is 28.3 Å². The van der Waals surface area contributed by atoms with Crippen molar-refractivity contribution in [3.05, 3.63) is 10.9 Å². The van der Waals surface area contributed by atoms with Gasteiger partial charge in [-0.3, -0.25) is 0 Å². The lowest BCUT2D eigenvalue weighted by molar-refractivity contribution is 0.0694. The predicted molar refractivity (Wildman–Crippen MR) is 87.5 cm³/mol. The van der Waals surface area contributed by atoms with Gasteiger partial charge in [-0.15, -0.1) is 11.3 Å². The number of rotatable bonds is 7. The van der Waals surface area contributed by atoms with Crippen LogP contribution in [-0.2, 0) is 4.74 Å². The normalized spacial score (nSPS) is 12.6. The molecule has 2 N–H and O–H groups in total. The fourth-order valence-corrected chi connectivity index (χ4v) is 3.08. The molecule has 0 spiro atoms.